The lowest BCUT2D eigenvalue weighted by molar-refractivity contribution is -0.153. The van der Waals surface area contributed by atoms with Crippen LogP contribution in [0.25, 0.3) is 0 Å². The number of carbonyl (C=O) groups is 1. The summed E-state index contributed by atoms with van der Waals surface area (Å²) in [6.45, 7) is 5.56. The van der Waals surface area contributed by atoms with Gasteiger partial charge in [-0.2, -0.15) is 0 Å². The van der Waals surface area contributed by atoms with Gasteiger partial charge in [-0.25, -0.2) is 0 Å². The number of carbonyl (C=O) groups excluding carboxylic acids is 1. The van der Waals surface area contributed by atoms with Crippen LogP contribution in [0.2, 0.25) is 0 Å². The van der Waals surface area contributed by atoms with E-state index in [1.54, 1.807) is 12.4 Å². The Morgan fingerprint density at radius 1 is 1.17 bits per heavy atom. The van der Waals surface area contributed by atoms with Crippen molar-refractivity contribution in [2.75, 3.05) is 39.5 Å². The fraction of sp³-hybridized carbons (Fsp3) is 0.667. The minimum absolute atomic E-state index is 0.0981. The monoisotopic (exact) mass is 331 g/mol. The molecular weight excluding hydrogens is 306 g/mol. The molecule has 0 N–H and O–H groups in total. The van der Waals surface area contributed by atoms with Crippen LogP contribution in [0.1, 0.15) is 18.4 Å². The van der Waals surface area contributed by atoms with E-state index in [1.165, 1.54) is 0 Å². The highest BCUT2D eigenvalue weighted by Crippen LogP contribution is 2.27. The van der Waals surface area contributed by atoms with Crippen LogP contribution in [0.5, 0.6) is 0 Å². The number of ether oxygens (including phenoxy) is 2. The summed E-state index contributed by atoms with van der Waals surface area (Å²) < 4.78 is 11.3. The molecule has 1 amide bonds. The number of likely N-dealkylation sites (tertiary alicyclic amines) is 1. The largest absolute Gasteiger partial charge is 0.381 e. The Labute approximate surface area is 142 Å². The van der Waals surface area contributed by atoms with Crippen molar-refractivity contribution in [3.05, 3.63) is 30.1 Å². The summed E-state index contributed by atoms with van der Waals surface area (Å²) in [5.74, 6) is 0.809. The Bertz CT molecular complexity index is 562. The second-order valence-electron chi connectivity index (χ2n) is 7.07. The van der Waals surface area contributed by atoms with Crippen molar-refractivity contribution < 1.29 is 14.3 Å². The van der Waals surface area contributed by atoms with Gasteiger partial charge < -0.3 is 14.4 Å². The van der Waals surface area contributed by atoms with Crippen molar-refractivity contribution in [2.45, 2.75) is 31.5 Å². The van der Waals surface area contributed by atoms with Crippen LogP contribution < -0.4 is 0 Å². The van der Waals surface area contributed by atoms with E-state index in [1.807, 2.05) is 17.0 Å². The molecule has 1 aromatic rings. The van der Waals surface area contributed by atoms with Crippen molar-refractivity contribution >= 4 is 5.91 Å². The van der Waals surface area contributed by atoms with Gasteiger partial charge in [-0.3, -0.25) is 14.7 Å². The topological polar surface area (TPSA) is 54.9 Å². The molecule has 0 radical (unpaired) electrons. The number of morpholine rings is 1. The number of hydrogen-bond acceptors (Lipinski definition) is 5. The van der Waals surface area contributed by atoms with Crippen molar-refractivity contribution in [2.24, 2.45) is 5.92 Å². The van der Waals surface area contributed by atoms with Crippen LogP contribution in [0.3, 0.4) is 0 Å². The zero-order chi connectivity index (χ0) is 16.4. The first-order valence-corrected chi connectivity index (χ1v) is 8.89. The van der Waals surface area contributed by atoms with Crippen LogP contribution in [0.15, 0.2) is 24.5 Å². The molecule has 0 spiro atoms. The molecule has 0 unspecified atom stereocenters. The van der Waals surface area contributed by atoms with E-state index in [2.05, 4.69) is 9.88 Å². The number of fused-ring (bicyclic) bond motifs is 1. The number of pyridine rings is 1. The number of hydrogen-bond donors (Lipinski definition) is 0. The lowest BCUT2D eigenvalue weighted by Gasteiger charge is -2.36. The maximum absolute atomic E-state index is 12.4. The maximum atomic E-state index is 12.4. The van der Waals surface area contributed by atoms with Crippen molar-refractivity contribution in [1.29, 1.82) is 0 Å². The van der Waals surface area contributed by atoms with Gasteiger partial charge in [0.05, 0.1) is 12.1 Å². The average molecular weight is 331 g/mol. The Hall–Kier alpha value is -1.50. The van der Waals surface area contributed by atoms with Crippen molar-refractivity contribution in [1.82, 2.24) is 14.8 Å². The van der Waals surface area contributed by atoms with E-state index in [4.69, 9.17) is 9.47 Å². The van der Waals surface area contributed by atoms with E-state index in [9.17, 15) is 4.79 Å². The first-order chi connectivity index (χ1) is 11.8. The summed E-state index contributed by atoms with van der Waals surface area (Å²) in [6.07, 6.45) is 6.00. The summed E-state index contributed by atoms with van der Waals surface area (Å²) in [7, 11) is 0. The standard InChI is InChI=1S/C18H25N3O3/c22-18-13-24-17-12-20(9-15-3-7-23-8-4-15)11-16(17)21(18)10-14-1-5-19-6-2-14/h1-2,5-6,15-17H,3-4,7-13H2/t16-,17-/m1/s1. The predicted molar refractivity (Wildman–Crippen MR) is 88.3 cm³/mol. The Balaban J connectivity index is 1.41. The zero-order valence-corrected chi connectivity index (χ0v) is 14.0. The first kappa shape index (κ1) is 16.0. The third-order valence-electron chi connectivity index (χ3n) is 5.41. The van der Waals surface area contributed by atoms with Crippen molar-refractivity contribution in [3.63, 3.8) is 0 Å². The van der Waals surface area contributed by atoms with Crippen LogP contribution in [-0.4, -0.2) is 72.3 Å². The van der Waals surface area contributed by atoms with Crippen LogP contribution >= 0.6 is 0 Å². The second kappa shape index (κ2) is 7.17. The maximum Gasteiger partial charge on any atom is 0.249 e. The normalized spacial score (nSPS) is 29.0. The lowest BCUT2D eigenvalue weighted by Crippen LogP contribution is -2.53. The average Bonchev–Trinajstić information content (AvgIpc) is 3.02. The Morgan fingerprint density at radius 3 is 2.75 bits per heavy atom. The molecule has 0 aliphatic carbocycles. The molecule has 1 aromatic heterocycles. The lowest BCUT2D eigenvalue weighted by atomic mass is 10.00. The Morgan fingerprint density at radius 2 is 1.96 bits per heavy atom. The fourth-order valence-corrected chi connectivity index (χ4v) is 4.08. The molecule has 130 valence electrons. The molecule has 3 saturated heterocycles. The van der Waals surface area contributed by atoms with Gasteiger partial charge in [0.1, 0.15) is 6.61 Å². The molecule has 0 bridgehead atoms. The zero-order valence-electron chi connectivity index (χ0n) is 14.0. The number of rotatable bonds is 4. The van der Waals surface area contributed by atoms with Crippen LogP contribution in [0.4, 0.5) is 0 Å². The van der Waals surface area contributed by atoms with Gasteiger partial charge in [0, 0.05) is 51.8 Å². The minimum Gasteiger partial charge on any atom is -0.381 e. The fourth-order valence-electron chi connectivity index (χ4n) is 4.08. The summed E-state index contributed by atoms with van der Waals surface area (Å²) in [5, 5.41) is 0. The molecule has 3 aliphatic rings. The van der Waals surface area contributed by atoms with E-state index >= 15 is 0 Å². The molecule has 0 saturated carbocycles. The quantitative estimate of drug-likeness (QED) is 0.821. The highest BCUT2D eigenvalue weighted by Gasteiger charge is 2.43. The SMILES string of the molecule is O=C1CO[C@@H]2CN(CC3CCOCC3)C[C@H]2N1Cc1ccncc1. The molecule has 4 rings (SSSR count). The van der Waals surface area contributed by atoms with E-state index < -0.39 is 0 Å². The molecule has 24 heavy (non-hydrogen) atoms. The van der Waals surface area contributed by atoms with Gasteiger partial charge in [0.25, 0.3) is 0 Å². The highest BCUT2D eigenvalue weighted by molar-refractivity contribution is 5.78. The third-order valence-corrected chi connectivity index (χ3v) is 5.41. The first-order valence-electron chi connectivity index (χ1n) is 8.89. The highest BCUT2D eigenvalue weighted by atomic mass is 16.5. The smallest absolute Gasteiger partial charge is 0.249 e. The molecule has 4 heterocycles. The summed E-state index contributed by atoms with van der Waals surface area (Å²) in [4.78, 5) is 20.9. The Kier molecular flexibility index (Phi) is 4.78. The summed E-state index contributed by atoms with van der Waals surface area (Å²) in [6, 6.07) is 4.12. The molecule has 0 aromatic carbocycles. The van der Waals surface area contributed by atoms with E-state index in [0.29, 0.717) is 12.5 Å². The van der Waals surface area contributed by atoms with Gasteiger partial charge in [0.15, 0.2) is 0 Å². The van der Waals surface area contributed by atoms with E-state index in [-0.39, 0.29) is 24.7 Å². The van der Waals surface area contributed by atoms with Gasteiger partial charge in [0.2, 0.25) is 5.91 Å². The van der Waals surface area contributed by atoms with Gasteiger partial charge >= 0.3 is 0 Å². The third kappa shape index (κ3) is 3.45. The summed E-state index contributed by atoms with van der Waals surface area (Å²) in [5.41, 5.74) is 1.13. The van der Waals surface area contributed by atoms with Crippen LogP contribution in [-0.2, 0) is 20.8 Å². The van der Waals surface area contributed by atoms with Crippen LogP contribution in [0, 0.1) is 5.92 Å². The van der Waals surface area contributed by atoms with Crippen molar-refractivity contribution in [3.8, 4) is 0 Å². The predicted octanol–water partition coefficient (Wildman–Crippen LogP) is 0.920. The molecule has 3 aliphatic heterocycles. The molecule has 6 heteroatoms. The molecular formula is C18H25N3O3. The minimum atomic E-state index is 0.0981. The number of aromatic nitrogens is 1. The van der Waals surface area contributed by atoms with E-state index in [0.717, 1.165) is 51.3 Å². The summed E-state index contributed by atoms with van der Waals surface area (Å²) >= 11 is 0. The molecule has 2 atom stereocenters. The second-order valence-corrected chi connectivity index (χ2v) is 7.07. The van der Waals surface area contributed by atoms with Gasteiger partial charge in [-0.15, -0.1) is 0 Å². The molecule has 6 nitrogen and oxygen atoms in total. The van der Waals surface area contributed by atoms with Gasteiger partial charge in [-0.05, 0) is 36.5 Å². The number of amides is 1. The molecule has 3 fully saturated rings. The van der Waals surface area contributed by atoms with Gasteiger partial charge in [-0.1, -0.05) is 0 Å². The number of nitrogens with zero attached hydrogens (tertiary/aromatic N) is 3.